The Labute approximate surface area is 236 Å². The summed E-state index contributed by atoms with van der Waals surface area (Å²) in [6, 6.07) is 0. The van der Waals surface area contributed by atoms with Gasteiger partial charge in [0.25, 0.3) is 0 Å². The molecule has 0 heterocycles. The van der Waals surface area contributed by atoms with E-state index in [1.54, 1.807) is 6.08 Å². The summed E-state index contributed by atoms with van der Waals surface area (Å²) in [5.41, 5.74) is 0. The standard InChI is InChI=1S/C33H52O6/c1-3-5-7-9-10-11-12-13-14-15-16-18-20-24-30(34)25-21-19-23-27-33(37)39-29-31(35)28-38-32(36)26-22-17-8-6-4-2/h5,7,10-11,13-14,16,18-21,24,30-31,34-35H,3-4,6,8-9,12,15,17,22-23,25-29H2,1-2H3/b7-5-,11-10-,14-13-,18-16-,21-19-,24-20-/t30?,31-/m1/s1. The van der Waals surface area contributed by atoms with Gasteiger partial charge in [-0.2, -0.15) is 0 Å². The first-order valence-electron chi connectivity index (χ1n) is 14.6. The van der Waals surface area contributed by atoms with Crippen LogP contribution in [0.4, 0.5) is 0 Å². The van der Waals surface area contributed by atoms with Crippen LogP contribution in [0.2, 0.25) is 0 Å². The van der Waals surface area contributed by atoms with Crippen molar-refractivity contribution >= 4 is 11.9 Å². The predicted octanol–water partition coefficient (Wildman–Crippen LogP) is 7.24. The maximum atomic E-state index is 11.8. The molecule has 0 bridgehead atoms. The summed E-state index contributed by atoms with van der Waals surface area (Å²) in [6.45, 7) is 3.89. The van der Waals surface area contributed by atoms with Gasteiger partial charge in [-0.1, -0.05) is 112 Å². The number of hydrogen-bond donors (Lipinski definition) is 2. The molecule has 0 aliphatic carbocycles. The fourth-order valence-electron chi connectivity index (χ4n) is 3.31. The Balaban J connectivity index is 3.81. The second-order valence-electron chi connectivity index (χ2n) is 9.34. The van der Waals surface area contributed by atoms with Crippen molar-refractivity contribution in [2.24, 2.45) is 0 Å². The summed E-state index contributed by atoms with van der Waals surface area (Å²) in [4.78, 5) is 23.5. The molecule has 0 radical (unpaired) electrons. The Morgan fingerprint density at radius 1 is 0.667 bits per heavy atom. The first-order chi connectivity index (χ1) is 19.0. The second kappa shape index (κ2) is 28.3. The molecule has 2 atom stereocenters. The molecular weight excluding hydrogens is 492 g/mol. The quantitative estimate of drug-likeness (QED) is 0.0576. The van der Waals surface area contributed by atoms with E-state index in [4.69, 9.17) is 9.47 Å². The van der Waals surface area contributed by atoms with Crippen LogP contribution in [0.15, 0.2) is 72.9 Å². The number of unbranched alkanes of at least 4 members (excludes halogenated alkanes) is 4. The number of carbonyl (C=O) groups excluding carboxylic acids is 2. The zero-order chi connectivity index (χ0) is 28.8. The summed E-state index contributed by atoms with van der Waals surface area (Å²) in [6.07, 6.45) is 33.0. The molecule has 0 aromatic heterocycles. The van der Waals surface area contributed by atoms with E-state index in [0.29, 0.717) is 19.3 Å². The molecule has 0 aliphatic rings. The van der Waals surface area contributed by atoms with Gasteiger partial charge in [0.2, 0.25) is 0 Å². The molecule has 0 aromatic rings. The molecule has 6 heteroatoms. The molecule has 220 valence electrons. The maximum absolute atomic E-state index is 11.8. The van der Waals surface area contributed by atoms with E-state index in [1.807, 2.05) is 30.4 Å². The molecule has 0 rings (SSSR count). The number of allylic oxidation sites excluding steroid dienone is 10. The van der Waals surface area contributed by atoms with Crippen LogP contribution >= 0.6 is 0 Å². The SMILES string of the molecule is CC/C=C\C/C=C\C/C=C\C/C=C\C=C/C(O)C/C=C\CCC(=O)OC[C@H](O)COC(=O)CCCCCCC. The van der Waals surface area contributed by atoms with Crippen molar-refractivity contribution in [3.8, 4) is 0 Å². The second-order valence-corrected chi connectivity index (χ2v) is 9.34. The summed E-state index contributed by atoms with van der Waals surface area (Å²) in [5, 5.41) is 19.8. The Kier molecular flexibility index (Phi) is 26.4. The minimum absolute atomic E-state index is 0.173. The fourth-order valence-corrected chi connectivity index (χ4v) is 3.31. The Morgan fingerprint density at radius 3 is 1.90 bits per heavy atom. The number of rotatable bonds is 24. The molecule has 2 N–H and O–H groups in total. The summed E-state index contributed by atoms with van der Waals surface area (Å²) < 4.78 is 10.1. The number of aliphatic hydroxyl groups is 2. The van der Waals surface area contributed by atoms with Gasteiger partial charge in [0.05, 0.1) is 6.10 Å². The van der Waals surface area contributed by atoms with Gasteiger partial charge in [-0.15, -0.1) is 0 Å². The summed E-state index contributed by atoms with van der Waals surface area (Å²) >= 11 is 0. The van der Waals surface area contributed by atoms with Crippen molar-refractivity contribution in [3.05, 3.63) is 72.9 Å². The van der Waals surface area contributed by atoms with Crippen LogP contribution in [-0.2, 0) is 19.1 Å². The van der Waals surface area contributed by atoms with Crippen molar-refractivity contribution in [2.75, 3.05) is 13.2 Å². The number of ether oxygens (including phenoxy) is 2. The number of carbonyl (C=O) groups is 2. The van der Waals surface area contributed by atoms with Crippen LogP contribution in [-0.4, -0.2) is 47.6 Å². The fraction of sp³-hybridized carbons (Fsp3) is 0.576. The van der Waals surface area contributed by atoms with E-state index >= 15 is 0 Å². The number of aliphatic hydroxyl groups excluding tert-OH is 2. The van der Waals surface area contributed by atoms with Gasteiger partial charge >= 0.3 is 11.9 Å². The zero-order valence-corrected chi connectivity index (χ0v) is 24.2. The highest BCUT2D eigenvalue weighted by molar-refractivity contribution is 5.70. The highest BCUT2D eigenvalue weighted by atomic mass is 16.6. The Bertz CT molecular complexity index is 775. The van der Waals surface area contributed by atoms with E-state index < -0.39 is 18.2 Å². The molecule has 0 amide bonds. The zero-order valence-electron chi connectivity index (χ0n) is 24.2. The van der Waals surface area contributed by atoms with Crippen molar-refractivity contribution in [2.45, 2.75) is 110 Å². The van der Waals surface area contributed by atoms with E-state index in [2.05, 4.69) is 50.3 Å². The minimum atomic E-state index is -1.03. The average Bonchev–Trinajstić information content (AvgIpc) is 2.93. The third-order valence-electron chi connectivity index (χ3n) is 5.55. The van der Waals surface area contributed by atoms with E-state index in [1.165, 1.54) is 6.42 Å². The number of hydrogen-bond acceptors (Lipinski definition) is 6. The third-order valence-corrected chi connectivity index (χ3v) is 5.55. The Hall–Kier alpha value is -2.70. The minimum Gasteiger partial charge on any atom is -0.463 e. The molecule has 0 aromatic carbocycles. The molecule has 39 heavy (non-hydrogen) atoms. The highest BCUT2D eigenvalue weighted by Crippen LogP contribution is 2.06. The third kappa shape index (κ3) is 28.1. The van der Waals surface area contributed by atoms with Crippen LogP contribution in [0.3, 0.4) is 0 Å². The Morgan fingerprint density at radius 2 is 1.26 bits per heavy atom. The van der Waals surface area contributed by atoms with Gasteiger partial charge in [0.15, 0.2) is 0 Å². The smallest absolute Gasteiger partial charge is 0.306 e. The molecule has 6 nitrogen and oxygen atoms in total. The van der Waals surface area contributed by atoms with Crippen molar-refractivity contribution in [1.82, 2.24) is 0 Å². The van der Waals surface area contributed by atoms with Gasteiger partial charge < -0.3 is 19.7 Å². The van der Waals surface area contributed by atoms with Gasteiger partial charge in [-0.3, -0.25) is 9.59 Å². The normalized spacial score (nSPS) is 14.1. The highest BCUT2D eigenvalue weighted by Gasteiger charge is 2.11. The van der Waals surface area contributed by atoms with Gasteiger partial charge in [0, 0.05) is 12.8 Å². The first kappa shape index (κ1) is 36.3. The monoisotopic (exact) mass is 544 g/mol. The molecule has 0 saturated heterocycles. The molecule has 0 fully saturated rings. The van der Waals surface area contributed by atoms with E-state index in [0.717, 1.165) is 51.4 Å². The predicted molar refractivity (Wildman–Crippen MR) is 160 cm³/mol. The van der Waals surface area contributed by atoms with E-state index in [9.17, 15) is 19.8 Å². The van der Waals surface area contributed by atoms with E-state index in [-0.39, 0.29) is 25.6 Å². The topological polar surface area (TPSA) is 93.1 Å². The lowest BCUT2D eigenvalue weighted by atomic mass is 10.1. The largest absolute Gasteiger partial charge is 0.463 e. The van der Waals surface area contributed by atoms with Gasteiger partial charge in [-0.05, 0) is 44.9 Å². The van der Waals surface area contributed by atoms with Gasteiger partial charge in [-0.25, -0.2) is 0 Å². The van der Waals surface area contributed by atoms with Crippen molar-refractivity contribution in [1.29, 1.82) is 0 Å². The van der Waals surface area contributed by atoms with Crippen LogP contribution in [0.25, 0.3) is 0 Å². The van der Waals surface area contributed by atoms with Crippen LogP contribution in [0, 0.1) is 0 Å². The van der Waals surface area contributed by atoms with Crippen molar-refractivity contribution < 1.29 is 29.3 Å². The molecule has 0 saturated carbocycles. The lowest BCUT2D eigenvalue weighted by Gasteiger charge is -2.12. The number of esters is 2. The summed E-state index contributed by atoms with van der Waals surface area (Å²) in [7, 11) is 0. The lowest BCUT2D eigenvalue weighted by Crippen LogP contribution is -2.25. The van der Waals surface area contributed by atoms with Crippen LogP contribution in [0.5, 0.6) is 0 Å². The molecule has 1 unspecified atom stereocenters. The molecule has 0 spiro atoms. The van der Waals surface area contributed by atoms with Crippen LogP contribution < -0.4 is 0 Å². The lowest BCUT2D eigenvalue weighted by molar-refractivity contribution is -0.152. The van der Waals surface area contributed by atoms with Gasteiger partial charge in [0.1, 0.15) is 19.3 Å². The molecule has 0 aliphatic heterocycles. The maximum Gasteiger partial charge on any atom is 0.306 e. The average molecular weight is 545 g/mol. The van der Waals surface area contributed by atoms with Crippen LogP contribution in [0.1, 0.15) is 97.3 Å². The molecular formula is C33H52O6. The van der Waals surface area contributed by atoms with Crippen molar-refractivity contribution in [3.63, 3.8) is 0 Å². The first-order valence-corrected chi connectivity index (χ1v) is 14.6. The summed E-state index contributed by atoms with van der Waals surface area (Å²) in [5.74, 6) is -0.766.